The molecule has 0 bridgehead atoms. The summed E-state index contributed by atoms with van der Waals surface area (Å²) < 4.78 is 0. The highest BCUT2D eigenvalue weighted by Crippen LogP contribution is 2.17. The summed E-state index contributed by atoms with van der Waals surface area (Å²) in [5.41, 5.74) is 1.95. The molecule has 2 aromatic carbocycles. The number of nitrogens with zero attached hydrogens (tertiary/aromatic N) is 3. The van der Waals surface area contributed by atoms with Crippen LogP contribution in [0.15, 0.2) is 67.0 Å². The van der Waals surface area contributed by atoms with E-state index in [9.17, 15) is 4.79 Å². The molecule has 0 saturated carbocycles. The molecule has 0 unspecified atom stereocenters. The van der Waals surface area contributed by atoms with E-state index in [1.165, 1.54) is 0 Å². The van der Waals surface area contributed by atoms with Crippen LogP contribution < -0.4 is 0 Å². The summed E-state index contributed by atoms with van der Waals surface area (Å²) in [6, 6.07) is 20.1. The van der Waals surface area contributed by atoms with Crippen molar-refractivity contribution in [3.05, 3.63) is 78.1 Å². The van der Waals surface area contributed by atoms with Gasteiger partial charge in [0, 0.05) is 25.5 Å². The highest BCUT2D eigenvalue weighted by atomic mass is 16.2. The minimum Gasteiger partial charge on any atom is -0.337 e. The summed E-state index contributed by atoms with van der Waals surface area (Å²) in [5.74, 6) is 0.0226. The van der Waals surface area contributed by atoms with Crippen molar-refractivity contribution >= 4 is 16.7 Å². The average Bonchev–Trinajstić information content (AvgIpc) is 2.65. The van der Waals surface area contributed by atoms with Gasteiger partial charge in [0.1, 0.15) is 0 Å². The van der Waals surface area contributed by atoms with Gasteiger partial charge < -0.3 is 4.90 Å². The summed E-state index contributed by atoms with van der Waals surface area (Å²) in [4.78, 5) is 18.6. The number of carbonyl (C=O) groups is 1. The van der Waals surface area contributed by atoms with Gasteiger partial charge in [-0.25, -0.2) is 0 Å². The van der Waals surface area contributed by atoms with E-state index in [4.69, 9.17) is 5.26 Å². The molecule has 0 atom stereocenters. The van der Waals surface area contributed by atoms with E-state index in [0.717, 1.165) is 21.9 Å². The van der Waals surface area contributed by atoms with Gasteiger partial charge in [-0.2, -0.15) is 5.26 Å². The van der Waals surface area contributed by atoms with E-state index in [1.807, 2.05) is 42.5 Å². The zero-order valence-electron chi connectivity index (χ0n) is 13.9. The van der Waals surface area contributed by atoms with Gasteiger partial charge in [0.15, 0.2) is 0 Å². The predicted octanol–water partition coefficient (Wildman–Crippen LogP) is 3.72. The minimum atomic E-state index is 0.0226. The number of amides is 1. The van der Waals surface area contributed by atoms with Crippen LogP contribution in [0.4, 0.5) is 0 Å². The monoisotopic (exact) mass is 329 g/mol. The van der Waals surface area contributed by atoms with E-state index >= 15 is 0 Å². The second-order valence-corrected chi connectivity index (χ2v) is 5.94. The fourth-order valence-electron chi connectivity index (χ4n) is 2.82. The van der Waals surface area contributed by atoms with Crippen LogP contribution in [0.2, 0.25) is 0 Å². The van der Waals surface area contributed by atoms with E-state index in [1.54, 1.807) is 17.3 Å². The molecule has 0 spiro atoms. The second-order valence-electron chi connectivity index (χ2n) is 5.94. The number of rotatable bonds is 6. The molecule has 0 fully saturated rings. The number of aromatic nitrogens is 1. The lowest BCUT2D eigenvalue weighted by atomic mass is 10.0. The number of nitriles is 1. The first-order valence-electron chi connectivity index (χ1n) is 8.27. The largest absolute Gasteiger partial charge is 0.337 e. The lowest BCUT2D eigenvalue weighted by Crippen LogP contribution is -2.32. The Bertz CT molecular complexity index is 900. The molecule has 0 aliphatic carbocycles. The molecule has 0 saturated heterocycles. The molecule has 0 N–H and O–H groups in total. The number of pyridine rings is 1. The van der Waals surface area contributed by atoms with Gasteiger partial charge in [-0.05, 0) is 28.0 Å². The SMILES string of the molecule is N#CCCN(Cc1cccnc1)C(=O)Cc1ccc2ccccc2c1. The standard InChI is InChI=1S/C21H19N3O/c22-10-4-12-24(16-18-5-3-11-23-15-18)21(25)14-17-8-9-19-6-1-2-7-20(19)13-17/h1-3,5-9,11,13,15H,4,12,14,16H2. The van der Waals surface area contributed by atoms with Crippen molar-refractivity contribution in [3.63, 3.8) is 0 Å². The number of carbonyl (C=O) groups excluding carboxylic acids is 1. The van der Waals surface area contributed by atoms with E-state index in [-0.39, 0.29) is 5.91 Å². The van der Waals surface area contributed by atoms with E-state index < -0.39 is 0 Å². The number of benzene rings is 2. The molecule has 0 aliphatic rings. The lowest BCUT2D eigenvalue weighted by molar-refractivity contribution is -0.131. The van der Waals surface area contributed by atoms with Crippen molar-refractivity contribution < 1.29 is 4.79 Å². The summed E-state index contributed by atoms with van der Waals surface area (Å²) >= 11 is 0. The van der Waals surface area contributed by atoms with Crippen LogP contribution >= 0.6 is 0 Å². The molecule has 1 aromatic heterocycles. The van der Waals surface area contributed by atoms with Crippen molar-refractivity contribution in [2.24, 2.45) is 0 Å². The predicted molar refractivity (Wildman–Crippen MR) is 97.5 cm³/mol. The maximum absolute atomic E-state index is 12.8. The van der Waals surface area contributed by atoms with E-state index in [2.05, 4.69) is 23.2 Å². The normalized spacial score (nSPS) is 10.4. The summed E-state index contributed by atoms with van der Waals surface area (Å²) in [6.45, 7) is 0.903. The maximum Gasteiger partial charge on any atom is 0.227 e. The highest BCUT2D eigenvalue weighted by Gasteiger charge is 2.14. The Balaban J connectivity index is 1.75. The van der Waals surface area contributed by atoms with Crippen molar-refractivity contribution in [2.45, 2.75) is 19.4 Å². The van der Waals surface area contributed by atoms with Crippen LogP contribution in [-0.4, -0.2) is 22.3 Å². The molecule has 1 heterocycles. The zero-order valence-corrected chi connectivity index (χ0v) is 13.9. The van der Waals surface area contributed by atoms with Crippen molar-refractivity contribution in [2.75, 3.05) is 6.54 Å². The molecule has 0 radical (unpaired) electrons. The Labute approximate surface area is 147 Å². The smallest absolute Gasteiger partial charge is 0.227 e. The summed E-state index contributed by atoms with van der Waals surface area (Å²) in [5, 5.41) is 11.2. The molecule has 4 nitrogen and oxygen atoms in total. The molecule has 1 amide bonds. The van der Waals surface area contributed by atoms with E-state index in [0.29, 0.717) is 25.9 Å². The third kappa shape index (κ3) is 4.42. The molecule has 3 aromatic rings. The van der Waals surface area contributed by atoms with Gasteiger partial charge in [-0.15, -0.1) is 0 Å². The first-order valence-corrected chi connectivity index (χ1v) is 8.27. The Morgan fingerprint density at radius 1 is 1.04 bits per heavy atom. The average molecular weight is 329 g/mol. The number of hydrogen-bond donors (Lipinski definition) is 0. The Morgan fingerprint density at radius 2 is 1.88 bits per heavy atom. The third-order valence-electron chi connectivity index (χ3n) is 4.11. The highest BCUT2D eigenvalue weighted by molar-refractivity contribution is 5.85. The van der Waals surface area contributed by atoms with Crippen molar-refractivity contribution in [1.82, 2.24) is 9.88 Å². The Morgan fingerprint density at radius 3 is 2.64 bits per heavy atom. The van der Waals surface area contributed by atoms with Gasteiger partial charge in [-0.3, -0.25) is 9.78 Å². The molecule has 25 heavy (non-hydrogen) atoms. The number of hydrogen-bond acceptors (Lipinski definition) is 3. The number of fused-ring (bicyclic) bond motifs is 1. The fraction of sp³-hybridized carbons (Fsp3) is 0.190. The quantitative estimate of drug-likeness (QED) is 0.692. The first-order chi connectivity index (χ1) is 12.3. The van der Waals surface area contributed by atoms with Crippen LogP contribution in [-0.2, 0) is 17.8 Å². The van der Waals surface area contributed by atoms with Crippen molar-refractivity contribution in [1.29, 1.82) is 5.26 Å². The topological polar surface area (TPSA) is 57.0 Å². The van der Waals surface area contributed by atoms with Gasteiger partial charge in [0.2, 0.25) is 5.91 Å². The van der Waals surface area contributed by atoms with Crippen LogP contribution in [0.1, 0.15) is 17.5 Å². The third-order valence-corrected chi connectivity index (χ3v) is 4.11. The molecule has 3 rings (SSSR count). The molecular weight excluding hydrogens is 310 g/mol. The molecule has 4 heteroatoms. The van der Waals surface area contributed by atoms with Crippen molar-refractivity contribution in [3.8, 4) is 6.07 Å². The van der Waals surface area contributed by atoms with Crippen LogP contribution in [0.5, 0.6) is 0 Å². The Hall–Kier alpha value is -3.19. The van der Waals surface area contributed by atoms with Gasteiger partial charge in [-0.1, -0.05) is 48.5 Å². The van der Waals surface area contributed by atoms with Crippen LogP contribution in [0, 0.1) is 11.3 Å². The Kier molecular flexibility index (Phi) is 5.38. The van der Waals surface area contributed by atoms with Crippen LogP contribution in [0.3, 0.4) is 0 Å². The molecule has 0 aliphatic heterocycles. The lowest BCUT2D eigenvalue weighted by Gasteiger charge is -2.22. The minimum absolute atomic E-state index is 0.0226. The first kappa shape index (κ1) is 16.7. The van der Waals surface area contributed by atoms with Gasteiger partial charge in [0.25, 0.3) is 0 Å². The van der Waals surface area contributed by atoms with Crippen LogP contribution in [0.25, 0.3) is 10.8 Å². The molecule has 124 valence electrons. The second kappa shape index (κ2) is 8.07. The maximum atomic E-state index is 12.8. The fourth-order valence-corrected chi connectivity index (χ4v) is 2.82. The summed E-state index contributed by atoms with van der Waals surface area (Å²) in [7, 11) is 0. The molecular formula is C21H19N3O. The van der Waals surface area contributed by atoms with Gasteiger partial charge in [0.05, 0.1) is 18.9 Å². The summed E-state index contributed by atoms with van der Waals surface area (Å²) in [6.07, 6.45) is 4.11. The van der Waals surface area contributed by atoms with Gasteiger partial charge >= 0.3 is 0 Å². The zero-order chi connectivity index (χ0) is 17.5.